The molecule has 0 bridgehead atoms. The highest BCUT2D eigenvalue weighted by atomic mass is 16.5. The van der Waals surface area contributed by atoms with Gasteiger partial charge in [-0.2, -0.15) is 0 Å². The van der Waals surface area contributed by atoms with Crippen LogP contribution in [0.2, 0.25) is 0 Å². The molecule has 4 rings (SSSR count). The van der Waals surface area contributed by atoms with Crippen molar-refractivity contribution in [3.63, 3.8) is 0 Å². The number of pyridine rings is 1. The van der Waals surface area contributed by atoms with E-state index in [1.54, 1.807) is 48.7 Å². The zero-order chi connectivity index (χ0) is 20.4. The van der Waals surface area contributed by atoms with Gasteiger partial charge in [-0.3, -0.25) is 14.6 Å². The lowest BCUT2D eigenvalue weighted by Gasteiger charge is -2.26. The topological polar surface area (TPSA) is 89.0 Å². The fourth-order valence-corrected chi connectivity index (χ4v) is 3.91. The van der Waals surface area contributed by atoms with Crippen LogP contribution in [0, 0.1) is 0 Å². The average molecular weight is 394 g/mol. The Morgan fingerprint density at radius 1 is 1.24 bits per heavy atom. The Morgan fingerprint density at radius 3 is 2.72 bits per heavy atom. The Labute approximate surface area is 168 Å². The summed E-state index contributed by atoms with van der Waals surface area (Å²) in [6.45, 7) is 0.915. The second kappa shape index (κ2) is 8.05. The quantitative estimate of drug-likeness (QED) is 0.477. The summed E-state index contributed by atoms with van der Waals surface area (Å²) in [5, 5.41) is 11.1. The third-order valence-corrected chi connectivity index (χ3v) is 5.29. The Morgan fingerprint density at radius 2 is 2.03 bits per heavy atom. The minimum absolute atomic E-state index is 0.0104. The number of aromatic nitrogens is 1. The van der Waals surface area contributed by atoms with Crippen molar-refractivity contribution in [1.29, 1.82) is 0 Å². The predicted molar refractivity (Wildman–Crippen MR) is 105 cm³/mol. The van der Waals surface area contributed by atoms with E-state index in [1.165, 1.54) is 12.0 Å². The molecule has 1 aromatic carbocycles. The van der Waals surface area contributed by atoms with Crippen molar-refractivity contribution in [1.82, 2.24) is 9.88 Å². The fraction of sp³-hybridized carbons (Fsp3) is 0.318. The highest BCUT2D eigenvalue weighted by Crippen LogP contribution is 2.40. The van der Waals surface area contributed by atoms with Gasteiger partial charge in [0, 0.05) is 19.3 Å². The number of para-hydroxylation sites is 1. The van der Waals surface area contributed by atoms with Gasteiger partial charge in [0.05, 0.1) is 30.0 Å². The van der Waals surface area contributed by atoms with Gasteiger partial charge in [-0.05, 0) is 37.1 Å². The zero-order valence-electron chi connectivity index (χ0n) is 16.1. The zero-order valence-corrected chi connectivity index (χ0v) is 16.1. The van der Waals surface area contributed by atoms with E-state index in [9.17, 15) is 14.7 Å². The van der Waals surface area contributed by atoms with Gasteiger partial charge in [0.15, 0.2) is 0 Å². The molecule has 2 aliphatic rings. The number of nitrogens with zero attached hydrogens (tertiary/aromatic N) is 2. The van der Waals surface area contributed by atoms with Crippen LogP contribution in [0.5, 0.6) is 5.75 Å². The number of hydrogen-bond acceptors (Lipinski definition) is 6. The Balaban J connectivity index is 1.84. The van der Waals surface area contributed by atoms with Crippen LogP contribution >= 0.6 is 0 Å². The number of ether oxygens (including phenoxy) is 2. The second-order valence-electron chi connectivity index (χ2n) is 7.04. The molecule has 1 N–H and O–H groups in total. The lowest BCUT2D eigenvalue weighted by atomic mass is 9.97. The summed E-state index contributed by atoms with van der Waals surface area (Å²) in [7, 11) is 1.48. The number of ketones is 1. The molecule has 7 heteroatoms. The summed E-state index contributed by atoms with van der Waals surface area (Å²) in [5.41, 5.74) is 0.878. The van der Waals surface area contributed by atoms with Crippen molar-refractivity contribution < 1.29 is 24.2 Å². The fourth-order valence-electron chi connectivity index (χ4n) is 3.91. The first kappa shape index (κ1) is 19.1. The minimum Gasteiger partial charge on any atom is -0.507 e. The van der Waals surface area contributed by atoms with Crippen LogP contribution in [-0.2, 0) is 14.3 Å². The van der Waals surface area contributed by atoms with Crippen molar-refractivity contribution in [3.8, 4) is 5.75 Å². The monoisotopic (exact) mass is 394 g/mol. The molecule has 3 heterocycles. The van der Waals surface area contributed by atoms with E-state index in [1.807, 2.05) is 0 Å². The lowest BCUT2D eigenvalue weighted by molar-refractivity contribution is -0.140. The van der Waals surface area contributed by atoms with E-state index in [-0.39, 0.29) is 24.0 Å². The van der Waals surface area contributed by atoms with Gasteiger partial charge in [-0.1, -0.05) is 18.2 Å². The Kier molecular flexibility index (Phi) is 5.31. The molecule has 0 radical (unpaired) electrons. The van der Waals surface area contributed by atoms with Crippen molar-refractivity contribution in [2.24, 2.45) is 0 Å². The number of hydrogen-bond donors (Lipinski definition) is 1. The Hall–Kier alpha value is -3.19. The lowest BCUT2D eigenvalue weighted by Crippen LogP contribution is -2.36. The Bertz CT molecular complexity index is 951. The molecule has 7 nitrogen and oxygen atoms in total. The van der Waals surface area contributed by atoms with Gasteiger partial charge >= 0.3 is 0 Å². The smallest absolute Gasteiger partial charge is 0.295 e. The number of aliphatic hydroxyl groups is 1. The number of likely N-dealkylation sites (tertiary alicyclic amines) is 1. The van der Waals surface area contributed by atoms with Gasteiger partial charge in [-0.15, -0.1) is 0 Å². The van der Waals surface area contributed by atoms with Gasteiger partial charge in [0.1, 0.15) is 17.6 Å². The van der Waals surface area contributed by atoms with E-state index < -0.39 is 17.7 Å². The van der Waals surface area contributed by atoms with Gasteiger partial charge in [-0.25, -0.2) is 0 Å². The van der Waals surface area contributed by atoms with Crippen molar-refractivity contribution in [2.45, 2.75) is 25.0 Å². The first-order chi connectivity index (χ1) is 14.1. The standard InChI is InChI=1S/C22H22N2O5/c1-28-17-10-3-2-8-15(17)20(25)18-19(16-9-4-5-11-23-16)24(22(27)21(18)26)13-14-7-6-12-29-14/h2-5,8-11,14,19,25H,6-7,12-13H2,1H3/b20-18-. The molecule has 29 heavy (non-hydrogen) atoms. The van der Waals surface area contributed by atoms with E-state index >= 15 is 0 Å². The van der Waals surface area contributed by atoms with Crippen molar-refractivity contribution in [2.75, 3.05) is 20.3 Å². The maximum atomic E-state index is 13.0. The summed E-state index contributed by atoms with van der Waals surface area (Å²) in [6, 6.07) is 11.3. The van der Waals surface area contributed by atoms with Crippen LogP contribution in [0.3, 0.4) is 0 Å². The number of aliphatic hydroxyl groups excluding tert-OH is 1. The molecule has 0 saturated carbocycles. The molecule has 2 unspecified atom stereocenters. The highest BCUT2D eigenvalue weighted by Gasteiger charge is 2.47. The maximum absolute atomic E-state index is 13.0. The molecule has 2 aromatic rings. The highest BCUT2D eigenvalue weighted by molar-refractivity contribution is 6.46. The van der Waals surface area contributed by atoms with E-state index in [0.29, 0.717) is 23.6 Å². The first-order valence-electron chi connectivity index (χ1n) is 9.56. The van der Waals surface area contributed by atoms with Gasteiger partial charge in [0.2, 0.25) is 0 Å². The number of carbonyl (C=O) groups excluding carboxylic acids is 2. The molecular formula is C22H22N2O5. The summed E-state index contributed by atoms with van der Waals surface area (Å²) in [6.07, 6.45) is 3.21. The number of methoxy groups -OCH3 is 1. The third kappa shape index (κ3) is 3.49. The number of Topliss-reactive ketones (excluding diaryl/α,β-unsaturated/α-hetero) is 1. The summed E-state index contributed by atoms with van der Waals surface area (Å²) in [4.78, 5) is 31.7. The number of amides is 1. The molecule has 1 aromatic heterocycles. The van der Waals surface area contributed by atoms with Crippen molar-refractivity contribution in [3.05, 3.63) is 65.5 Å². The second-order valence-corrected chi connectivity index (χ2v) is 7.04. The van der Waals surface area contributed by atoms with Crippen LogP contribution in [0.25, 0.3) is 5.76 Å². The number of carbonyl (C=O) groups is 2. The molecule has 1 amide bonds. The van der Waals surface area contributed by atoms with E-state index in [4.69, 9.17) is 9.47 Å². The molecule has 0 spiro atoms. The molecule has 2 aliphatic heterocycles. The molecular weight excluding hydrogens is 372 g/mol. The molecule has 0 aliphatic carbocycles. The summed E-state index contributed by atoms with van der Waals surface area (Å²) < 4.78 is 11.0. The summed E-state index contributed by atoms with van der Waals surface area (Å²) >= 11 is 0. The van der Waals surface area contributed by atoms with E-state index in [0.717, 1.165) is 12.8 Å². The number of benzene rings is 1. The van der Waals surface area contributed by atoms with Crippen LogP contribution < -0.4 is 4.74 Å². The van der Waals surface area contributed by atoms with Crippen molar-refractivity contribution >= 4 is 17.4 Å². The average Bonchev–Trinajstić information content (AvgIpc) is 3.36. The van der Waals surface area contributed by atoms with Crippen LogP contribution in [0.1, 0.15) is 30.1 Å². The largest absolute Gasteiger partial charge is 0.507 e. The van der Waals surface area contributed by atoms with Crippen LogP contribution in [0.4, 0.5) is 0 Å². The first-order valence-corrected chi connectivity index (χ1v) is 9.56. The number of rotatable bonds is 5. The summed E-state index contributed by atoms with van der Waals surface area (Å²) in [5.74, 6) is -1.25. The van der Waals surface area contributed by atoms with Crippen LogP contribution in [-0.4, -0.2) is 53.0 Å². The molecule has 2 fully saturated rings. The molecule has 2 atom stereocenters. The maximum Gasteiger partial charge on any atom is 0.295 e. The molecule has 150 valence electrons. The molecule has 2 saturated heterocycles. The third-order valence-electron chi connectivity index (χ3n) is 5.29. The van der Waals surface area contributed by atoms with Crippen LogP contribution in [0.15, 0.2) is 54.2 Å². The van der Waals surface area contributed by atoms with Gasteiger partial charge < -0.3 is 19.5 Å². The van der Waals surface area contributed by atoms with E-state index in [2.05, 4.69) is 4.98 Å². The van der Waals surface area contributed by atoms with Gasteiger partial charge in [0.25, 0.3) is 11.7 Å². The normalized spacial score (nSPS) is 23.6. The SMILES string of the molecule is COc1ccccc1/C(O)=C1/C(=O)C(=O)N(CC2CCCO2)C1c1ccccn1. The predicted octanol–water partition coefficient (Wildman–Crippen LogP) is 2.69. The minimum atomic E-state index is -0.787.